The van der Waals surface area contributed by atoms with Gasteiger partial charge in [0, 0.05) is 11.6 Å². The number of halogens is 2. The molecule has 2 aromatic carbocycles. The molecule has 2 heterocycles. The van der Waals surface area contributed by atoms with Gasteiger partial charge < -0.3 is 18.7 Å². The number of nitrogens with zero attached hydrogens (tertiary/aromatic N) is 1. The van der Waals surface area contributed by atoms with Gasteiger partial charge in [0.2, 0.25) is 6.79 Å². The van der Waals surface area contributed by atoms with Crippen molar-refractivity contribution >= 4 is 17.6 Å². The first-order valence-corrected chi connectivity index (χ1v) is 7.96. The van der Waals surface area contributed by atoms with E-state index in [2.05, 4.69) is 5.16 Å². The Bertz CT molecular complexity index is 987. The number of hydrogen-bond acceptors (Lipinski definition) is 6. The molecule has 0 saturated carbocycles. The van der Waals surface area contributed by atoms with Crippen molar-refractivity contribution in [1.29, 1.82) is 0 Å². The van der Waals surface area contributed by atoms with Crippen molar-refractivity contribution in [1.82, 2.24) is 5.16 Å². The van der Waals surface area contributed by atoms with Gasteiger partial charge in [-0.05, 0) is 36.4 Å². The highest BCUT2D eigenvalue weighted by molar-refractivity contribution is 6.33. The van der Waals surface area contributed by atoms with Crippen LogP contribution < -0.4 is 9.47 Å². The first-order chi connectivity index (χ1) is 12.6. The zero-order valence-electron chi connectivity index (χ0n) is 13.2. The molecular formula is C18H11ClFNO5. The number of carbonyl (C=O) groups is 1. The average molecular weight is 376 g/mol. The molecule has 3 aromatic rings. The van der Waals surface area contributed by atoms with E-state index in [0.717, 1.165) is 17.7 Å². The van der Waals surface area contributed by atoms with Crippen LogP contribution >= 0.6 is 11.6 Å². The van der Waals surface area contributed by atoms with Crippen molar-refractivity contribution in [2.75, 3.05) is 6.79 Å². The fourth-order valence-corrected chi connectivity index (χ4v) is 2.68. The number of ether oxygens (including phenoxy) is 3. The molecule has 0 fully saturated rings. The number of hydrogen-bond donors (Lipinski definition) is 0. The Morgan fingerprint density at radius 2 is 2.00 bits per heavy atom. The highest BCUT2D eigenvalue weighted by atomic mass is 35.5. The van der Waals surface area contributed by atoms with Gasteiger partial charge in [0.05, 0.1) is 10.6 Å². The van der Waals surface area contributed by atoms with E-state index in [9.17, 15) is 9.18 Å². The van der Waals surface area contributed by atoms with E-state index in [4.69, 9.17) is 30.3 Å². The summed E-state index contributed by atoms with van der Waals surface area (Å²) in [5, 5.41) is 3.85. The van der Waals surface area contributed by atoms with Crippen LogP contribution in [-0.4, -0.2) is 17.9 Å². The van der Waals surface area contributed by atoms with Crippen LogP contribution in [0.3, 0.4) is 0 Å². The zero-order chi connectivity index (χ0) is 18.1. The Labute approximate surface area is 152 Å². The molecule has 0 saturated heterocycles. The van der Waals surface area contributed by atoms with Crippen LogP contribution in [0.25, 0.3) is 11.3 Å². The van der Waals surface area contributed by atoms with Crippen molar-refractivity contribution < 1.29 is 27.9 Å². The Morgan fingerprint density at radius 1 is 1.15 bits per heavy atom. The van der Waals surface area contributed by atoms with E-state index in [1.165, 1.54) is 6.07 Å². The van der Waals surface area contributed by atoms with Crippen molar-refractivity contribution in [3.8, 4) is 22.8 Å². The molecule has 8 heteroatoms. The molecule has 4 rings (SSSR count). The average Bonchev–Trinajstić information content (AvgIpc) is 3.28. The van der Waals surface area contributed by atoms with Gasteiger partial charge >= 0.3 is 5.97 Å². The smallest absolute Gasteiger partial charge is 0.340 e. The summed E-state index contributed by atoms with van der Waals surface area (Å²) in [6.45, 7) is 0.0723. The topological polar surface area (TPSA) is 70.8 Å². The van der Waals surface area contributed by atoms with E-state index in [0.29, 0.717) is 23.0 Å². The maximum Gasteiger partial charge on any atom is 0.340 e. The van der Waals surface area contributed by atoms with E-state index in [1.54, 1.807) is 18.2 Å². The number of rotatable bonds is 4. The minimum Gasteiger partial charge on any atom is -0.455 e. The Kier molecular flexibility index (Phi) is 4.22. The second-order valence-electron chi connectivity index (χ2n) is 5.45. The molecule has 0 aliphatic carbocycles. The predicted octanol–water partition coefficient (Wildman–Crippen LogP) is 4.22. The highest BCUT2D eigenvalue weighted by Gasteiger charge is 2.17. The number of aromatic nitrogens is 1. The molecule has 26 heavy (non-hydrogen) atoms. The van der Waals surface area contributed by atoms with Gasteiger partial charge in [-0.3, -0.25) is 0 Å². The third kappa shape index (κ3) is 3.21. The van der Waals surface area contributed by atoms with Crippen molar-refractivity contribution in [2.24, 2.45) is 0 Å². The second kappa shape index (κ2) is 6.68. The van der Waals surface area contributed by atoms with E-state index < -0.39 is 11.8 Å². The van der Waals surface area contributed by atoms with Crippen LogP contribution in [0.1, 0.15) is 16.1 Å². The van der Waals surface area contributed by atoms with Gasteiger partial charge in [-0.2, -0.15) is 0 Å². The summed E-state index contributed by atoms with van der Waals surface area (Å²) in [7, 11) is 0. The van der Waals surface area contributed by atoms with Gasteiger partial charge in [0.25, 0.3) is 0 Å². The lowest BCUT2D eigenvalue weighted by Gasteiger charge is -2.04. The van der Waals surface area contributed by atoms with E-state index >= 15 is 0 Å². The Balaban J connectivity index is 1.44. The maximum atomic E-state index is 13.0. The monoisotopic (exact) mass is 375 g/mol. The molecular weight excluding hydrogens is 365 g/mol. The number of fused-ring (bicyclic) bond motifs is 1. The van der Waals surface area contributed by atoms with Crippen LogP contribution in [0, 0.1) is 5.82 Å². The molecule has 1 aromatic heterocycles. The van der Waals surface area contributed by atoms with Crippen molar-refractivity contribution in [3.63, 3.8) is 0 Å². The first kappa shape index (κ1) is 16.4. The summed E-state index contributed by atoms with van der Waals surface area (Å²) in [4.78, 5) is 12.0. The van der Waals surface area contributed by atoms with Crippen LogP contribution in [0.2, 0.25) is 5.02 Å². The van der Waals surface area contributed by atoms with Crippen LogP contribution in [0.15, 0.2) is 47.0 Å². The molecule has 6 nitrogen and oxygen atoms in total. The van der Waals surface area contributed by atoms with Gasteiger partial charge in [0.15, 0.2) is 17.3 Å². The maximum absolute atomic E-state index is 13.0. The van der Waals surface area contributed by atoms with Gasteiger partial charge in [-0.25, -0.2) is 9.18 Å². The largest absolute Gasteiger partial charge is 0.455 e. The standard InChI is InChI=1S/C18H11ClFNO5/c19-14-6-11(20)2-3-13(14)18(22)23-8-12-7-16(26-21-12)10-1-4-15-17(5-10)25-9-24-15/h1-7H,8-9H2. The van der Waals surface area contributed by atoms with Crippen molar-refractivity contribution in [2.45, 2.75) is 6.61 Å². The molecule has 0 N–H and O–H groups in total. The summed E-state index contributed by atoms with van der Waals surface area (Å²) in [5.74, 6) is 0.574. The van der Waals surface area contributed by atoms with Gasteiger partial charge in [-0.15, -0.1) is 0 Å². The number of esters is 1. The lowest BCUT2D eigenvalue weighted by atomic mass is 10.1. The zero-order valence-corrected chi connectivity index (χ0v) is 14.0. The molecule has 0 spiro atoms. The normalized spacial score (nSPS) is 12.2. The number of benzene rings is 2. The summed E-state index contributed by atoms with van der Waals surface area (Å²) in [6, 6.07) is 10.5. The molecule has 1 aliphatic rings. The molecule has 0 atom stereocenters. The highest BCUT2D eigenvalue weighted by Crippen LogP contribution is 2.36. The van der Waals surface area contributed by atoms with Crippen LogP contribution in [0.4, 0.5) is 4.39 Å². The van der Waals surface area contributed by atoms with Gasteiger partial charge in [0.1, 0.15) is 18.1 Å². The lowest BCUT2D eigenvalue weighted by Crippen LogP contribution is -2.06. The molecule has 132 valence electrons. The Morgan fingerprint density at radius 3 is 2.85 bits per heavy atom. The third-order valence-electron chi connectivity index (χ3n) is 3.72. The molecule has 0 bridgehead atoms. The SMILES string of the molecule is O=C(OCc1cc(-c2ccc3c(c2)OCO3)on1)c1ccc(F)cc1Cl. The minimum absolute atomic E-state index is 0.0174. The summed E-state index contributed by atoms with van der Waals surface area (Å²) >= 11 is 5.84. The van der Waals surface area contributed by atoms with E-state index in [1.807, 2.05) is 6.07 Å². The number of carbonyl (C=O) groups excluding carboxylic acids is 1. The molecule has 0 unspecified atom stereocenters. The van der Waals surface area contributed by atoms with E-state index in [-0.39, 0.29) is 24.0 Å². The van der Waals surface area contributed by atoms with Crippen LogP contribution in [-0.2, 0) is 11.3 Å². The molecule has 0 amide bonds. The summed E-state index contributed by atoms with van der Waals surface area (Å²) < 4.78 is 34.0. The lowest BCUT2D eigenvalue weighted by molar-refractivity contribution is 0.0464. The van der Waals surface area contributed by atoms with Crippen molar-refractivity contribution in [3.05, 3.63) is 64.6 Å². The fraction of sp³-hybridized carbons (Fsp3) is 0.111. The van der Waals surface area contributed by atoms with Crippen LogP contribution in [0.5, 0.6) is 11.5 Å². The quantitative estimate of drug-likeness (QED) is 0.636. The predicted molar refractivity (Wildman–Crippen MR) is 88.6 cm³/mol. The summed E-state index contributed by atoms with van der Waals surface area (Å²) in [6.07, 6.45) is 0. The van der Waals surface area contributed by atoms with Gasteiger partial charge in [-0.1, -0.05) is 16.8 Å². The first-order valence-electron chi connectivity index (χ1n) is 7.58. The Hall–Kier alpha value is -3.06. The second-order valence-corrected chi connectivity index (χ2v) is 5.86. The minimum atomic E-state index is -0.678. The summed E-state index contributed by atoms with van der Waals surface area (Å²) in [5.41, 5.74) is 1.25. The third-order valence-corrected chi connectivity index (χ3v) is 4.03. The molecule has 0 radical (unpaired) electrons. The fourth-order valence-electron chi connectivity index (χ4n) is 2.44. The molecule has 1 aliphatic heterocycles.